The summed E-state index contributed by atoms with van der Waals surface area (Å²) in [4.78, 5) is 14.7. The fourth-order valence-electron chi connectivity index (χ4n) is 2.99. The van der Waals surface area contributed by atoms with E-state index in [0.29, 0.717) is 29.6 Å². The van der Waals surface area contributed by atoms with E-state index in [4.69, 9.17) is 9.47 Å². The number of methoxy groups -OCH3 is 1. The van der Waals surface area contributed by atoms with Crippen LogP contribution in [0.2, 0.25) is 0 Å². The van der Waals surface area contributed by atoms with Crippen LogP contribution in [0.15, 0.2) is 61.1 Å². The molecule has 7 nitrogen and oxygen atoms in total. The second kappa shape index (κ2) is 11.2. The number of hydrogen-bond acceptors (Lipinski definition) is 6. The van der Waals surface area contributed by atoms with Gasteiger partial charge in [-0.25, -0.2) is 0 Å². The van der Waals surface area contributed by atoms with Crippen molar-refractivity contribution in [3.8, 4) is 11.5 Å². The van der Waals surface area contributed by atoms with Gasteiger partial charge in [0, 0.05) is 11.0 Å². The molecule has 0 spiro atoms. The summed E-state index contributed by atoms with van der Waals surface area (Å²) >= 11 is 4.32. The highest BCUT2D eigenvalue weighted by molar-refractivity contribution is 9.10. The second-order valence-corrected chi connectivity index (χ2v) is 10.6. The molecule has 0 N–H and O–H groups in total. The predicted molar refractivity (Wildman–Crippen MR) is 135 cm³/mol. The molecule has 0 bridgehead atoms. The number of halogens is 1. The van der Waals surface area contributed by atoms with Gasteiger partial charge in [0.1, 0.15) is 0 Å². The molecular formula is C23H25BrN2O5S2. The van der Waals surface area contributed by atoms with Crippen LogP contribution in [0.5, 0.6) is 11.5 Å². The number of benzene rings is 2. The third-order valence-electron chi connectivity index (χ3n) is 4.75. The molecule has 1 aliphatic rings. The molecule has 1 heterocycles. The molecule has 1 amide bonds. The average Bonchev–Trinajstić information content (AvgIpc) is 3.07. The molecular weight excluding hydrogens is 528 g/mol. The van der Waals surface area contributed by atoms with Gasteiger partial charge in [-0.15, -0.1) is 4.40 Å². The highest BCUT2D eigenvalue weighted by Crippen LogP contribution is 2.35. The van der Waals surface area contributed by atoms with Crippen LogP contribution < -0.4 is 9.47 Å². The lowest BCUT2D eigenvalue weighted by atomic mass is 10.2. The lowest BCUT2D eigenvalue weighted by Crippen LogP contribution is -2.29. The number of sulfonamides is 1. The topological polar surface area (TPSA) is 85.3 Å². The minimum atomic E-state index is -3.96. The Labute approximate surface area is 207 Å². The monoisotopic (exact) mass is 552 g/mol. The first-order valence-electron chi connectivity index (χ1n) is 10.4. The summed E-state index contributed by atoms with van der Waals surface area (Å²) in [7, 11) is -2.39. The van der Waals surface area contributed by atoms with E-state index in [-0.39, 0.29) is 16.0 Å². The van der Waals surface area contributed by atoms with Gasteiger partial charge in [-0.2, -0.15) is 8.42 Å². The van der Waals surface area contributed by atoms with Crippen molar-refractivity contribution in [2.45, 2.75) is 31.6 Å². The molecule has 1 aliphatic heterocycles. The molecule has 1 fully saturated rings. The van der Waals surface area contributed by atoms with Gasteiger partial charge in [0.25, 0.3) is 15.9 Å². The summed E-state index contributed by atoms with van der Waals surface area (Å²) in [6, 6.07) is 11.6. The minimum Gasteiger partial charge on any atom is -0.493 e. The van der Waals surface area contributed by atoms with E-state index in [0.717, 1.165) is 34.6 Å². The number of thioether (sulfide) groups is 1. The van der Waals surface area contributed by atoms with E-state index >= 15 is 0 Å². The third-order valence-corrected chi connectivity index (χ3v) is 7.69. The van der Waals surface area contributed by atoms with E-state index < -0.39 is 10.0 Å². The molecule has 0 atom stereocenters. The van der Waals surface area contributed by atoms with Gasteiger partial charge in [-0.1, -0.05) is 35.3 Å². The summed E-state index contributed by atoms with van der Waals surface area (Å²) in [5.74, 6) is 0.906. The van der Waals surface area contributed by atoms with E-state index in [1.807, 2.05) is 6.07 Å². The number of carbonyl (C=O) groups is 1. The fourth-order valence-corrected chi connectivity index (χ4v) is 5.50. The molecule has 176 valence electrons. The fraction of sp³-hybridized carbons (Fsp3) is 0.304. The van der Waals surface area contributed by atoms with Crippen molar-refractivity contribution in [1.29, 1.82) is 0 Å². The zero-order chi connectivity index (χ0) is 24.0. The third kappa shape index (κ3) is 6.18. The predicted octanol–water partition coefficient (Wildman–Crippen LogP) is 5.32. The number of nitrogens with zero attached hydrogens (tertiary/aromatic N) is 2. The molecule has 0 radical (unpaired) electrons. The Morgan fingerprint density at radius 1 is 1.12 bits per heavy atom. The number of rotatable bonds is 9. The Kier molecular flexibility index (Phi) is 8.61. The van der Waals surface area contributed by atoms with E-state index in [9.17, 15) is 13.2 Å². The van der Waals surface area contributed by atoms with E-state index in [2.05, 4.69) is 27.3 Å². The standard InChI is InChI=1S/C23H25BrN2O5S2/c1-4-6-13-31-20-14-16(7-12-19(20)30-3)15-21-22(27)26(5-2)23(32-21)25-33(28,29)18-10-8-17(24)9-11-18/h7-12,14-15H,4-6,13H2,1-3H3/b21-15-,25-23+. The van der Waals surface area contributed by atoms with Crippen LogP contribution in [0.25, 0.3) is 6.08 Å². The van der Waals surface area contributed by atoms with Gasteiger partial charge in [-0.3, -0.25) is 9.69 Å². The van der Waals surface area contributed by atoms with Crippen molar-refractivity contribution in [3.05, 3.63) is 57.4 Å². The smallest absolute Gasteiger partial charge is 0.284 e. The summed E-state index contributed by atoms with van der Waals surface area (Å²) in [6.07, 6.45) is 3.63. The molecule has 2 aromatic rings. The molecule has 10 heteroatoms. The van der Waals surface area contributed by atoms with Gasteiger partial charge in [0.15, 0.2) is 16.7 Å². The Hall–Kier alpha value is -2.30. The molecule has 0 aromatic heterocycles. The van der Waals surface area contributed by atoms with Crippen molar-refractivity contribution < 1.29 is 22.7 Å². The van der Waals surface area contributed by atoms with Gasteiger partial charge < -0.3 is 9.47 Å². The number of unbranched alkanes of at least 4 members (excludes halogenated alkanes) is 1. The number of hydrogen-bond donors (Lipinski definition) is 0. The number of likely N-dealkylation sites (N-methyl/N-ethyl adjacent to an activating group) is 1. The molecule has 0 aliphatic carbocycles. The first-order chi connectivity index (χ1) is 15.8. The molecule has 3 rings (SSSR count). The van der Waals surface area contributed by atoms with Crippen LogP contribution in [0.3, 0.4) is 0 Å². The Balaban J connectivity index is 1.91. The summed E-state index contributed by atoms with van der Waals surface area (Å²) in [5.41, 5.74) is 0.742. The number of amides is 1. The Morgan fingerprint density at radius 2 is 1.85 bits per heavy atom. The molecule has 0 saturated carbocycles. The van der Waals surface area contributed by atoms with Gasteiger partial charge >= 0.3 is 0 Å². The molecule has 33 heavy (non-hydrogen) atoms. The number of amidine groups is 1. The lowest BCUT2D eigenvalue weighted by molar-refractivity contribution is -0.122. The van der Waals surface area contributed by atoms with Crippen LogP contribution >= 0.6 is 27.7 Å². The summed E-state index contributed by atoms with van der Waals surface area (Å²) in [6.45, 7) is 4.72. The normalized spacial score (nSPS) is 16.6. The van der Waals surface area contributed by atoms with Crippen molar-refractivity contribution in [1.82, 2.24) is 4.90 Å². The maximum absolute atomic E-state index is 12.9. The second-order valence-electron chi connectivity index (χ2n) is 7.08. The van der Waals surface area contributed by atoms with Crippen LogP contribution in [0.4, 0.5) is 0 Å². The molecule has 1 saturated heterocycles. The van der Waals surface area contributed by atoms with Crippen LogP contribution in [0, 0.1) is 0 Å². The van der Waals surface area contributed by atoms with Crippen molar-refractivity contribution >= 4 is 54.9 Å². The molecule has 2 aromatic carbocycles. The maximum atomic E-state index is 12.9. The summed E-state index contributed by atoms with van der Waals surface area (Å²) < 4.78 is 41.4. The van der Waals surface area contributed by atoms with Gasteiger partial charge in [0.2, 0.25) is 0 Å². The Bertz CT molecular complexity index is 1180. The Morgan fingerprint density at radius 3 is 2.48 bits per heavy atom. The van der Waals surface area contributed by atoms with E-state index in [1.165, 1.54) is 17.0 Å². The molecule has 0 unspecified atom stereocenters. The zero-order valence-electron chi connectivity index (χ0n) is 18.6. The van der Waals surface area contributed by atoms with Crippen LogP contribution in [-0.2, 0) is 14.8 Å². The van der Waals surface area contributed by atoms with Crippen molar-refractivity contribution in [3.63, 3.8) is 0 Å². The van der Waals surface area contributed by atoms with Crippen molar-refractivity contribution in [2.75, 3.05) is 20.3 Å². The SMILES string of the molecule is CCCCOc1cc(/C=C2\S/C(=N/S(=O)(=O)c3ccc(Br)cc3)N(CC)C2=O)ccc1OC. The van der Waals surface area contributed by atoms with E-state index in [1.54, 1.807) is 44.4 Å². The highest BCUT2D eigenvalue weighted by atomic mass is 79.9. The lowest BCUT2D eigenvalue weighted by Gasteiger charge is -2.12. The minimum absolute atomic E-state index is 0.0590. The first-order valence-corrected chi connectivity index (χ1v) is 13.5. The zero-order valence-corrected chi connectivity index (χ0v) is 21.8. The number of ether oxygens (including phenoxy) is 2. The maximum Gasteiger partial charge on any atom is 0.284 e. The van der Waals surface area contributed by atoms with Gasteiger partial charge in [0.05, 0.1) is 23.5 Å². The largest absolute Gasteiger partial charge is 0.493 e. The first kappa shape index (κ1) is 25.3. The van der Waals surface area contributed by atoms with Crippen LogP contribution in [0.1, 0.15) is 32.3 Å². The van der Waals surface area contributed by atoms with Crippen molar-refractivity contribution in [2.24, 2.45) is 4.40 Å². The average molecular weight is 554 g/mol. The van der Waals surface area contributed by atoms with Gasteiger partial charge in [-0.05, 0) is 73.1 Å². The van der Waals surface area contributed by atoms with Crippen LogP contribution in [-0.4, -0.2) is 44.7 Å². The quantitative estimate of drug-likeness (QED) is 0.309. The summed E-state index contributed by atoms with van der Waals surface area (Å²) in [5, 5.41) is 0.129. The highest BCUT2D eigenvalue weighted by Gasteiger charge is 2.34. The number of carbonyl (C=O) groups excluding carboxylic acids is 1.